The first kappa shape index (κ1) is 20.3. The van der Waals surface area contributed by atoms with E-state index in [9.17, 15) is 18.0 Å². The number of nitrogens with zero attached hydrogens (tertiary/aromatic N) is 3. The van der Waals surface area contributed by atoms with Crippen molar-refractivity contribution in [3.8, 4) is 0 Å². The van der Waals surface area contributed by atoms with Crippen molar-refractivity contribution in [3.63, 3.8) is 0 Å². The molecule has 0 aromatic carbocycles. The van der Waals surface area contributed by atoms with Crippen molar-refractivity contribution in [1.29, 1.82) is 0 Å². The van der Waals surface area contributed by atoms with Gasteiger partial charge in [-0.1, -0.05) is 11.6 Å². The maximum Gasteiger partial charge on any atom is 0.417 e. The third-order valence-corrected chi connectivity index (χ3v) is 4.04. The van der Waals surface area contributed by atoms with Gasteiger partial charge in [0.25, 0.3) is 5.91 Å². The van der Waals surface area contributed by atoms with Crippen LogP contribution < -0.4 is 16.4 Å². The molecule has 11 heteroatoms. The lowest BCUT2D eigenvalue weighted by atomic mass is 10.2. The first-order valence-electron chi connectivity index (χ1n) is 8.17. The molecule has 0 fully saturated rings. The number of hydrogen-bond acceptors (Lipinski definition) is 6. The Balaban J connectivity index is 1.70. The third-order valence-electron chi connectivity index (χ3n) is 3.76. The molecule has 0 spiro atoms. The molecular weight excluding hydrogens is 409 g/mol. The SMILES string of the molecule is Nc1ncccc1NCc1cc(NC(=O)c2ncc(C(F)(F)F)cc2Cl)ccn1. The zero-order chi connectivity index (χ0) is 21.0. The van der Waals surface area contributed by atoms with E-state index in [2.05, 4.69) is 25.6 Å². The van der Waals surface area contributed by atoms with Crippen LogP contribution in [0, 0.1) is 0 Å². The van der Waals surface area contributed by atoms with Crippen molar-refractivity contribution in [3.05, 3.63) is 70.9 Å². The number of nitrogen functional groups attached to an aromatic ring is 1. The summed E-state index contributed by atoms with van der Waals surface area (Å²) in [5.41, 5.74) is 5.98. The molecule has 0 saturated heterocycles. The summed E-state index contributed by atoms with van der Waals surface area (Å²) in [5, 5.41) is 5.20. The van der Waals surface area contributed by atoms with Crippen LogP contribution in [-0.2, 0) is 12.7 Å². The van der Waals surface area contributed by atoms with Gasteiger partial charge in [0, 0.05) is 24.3 Å². The Bertz CT molecular complexity index is 1040. The first-order chi connectivity index (χ1) is 13.7. The molecule has 3 heterocycles. The van der Waals surface area contributed by atoms with Gasteiger partial charge in [-0.05, 0) is 30.3 Å². The van der Waals surface area contributed by atoms with Crippen LogP contribution >= 0.6 is 11.6 Å². The summed E-state index contributed by atoms with van der Waals surface area (Å²) in [7, 11) is 0. The highest BCUT2D eigenvalue weighted by molar-refractivity contribution is 6.34. The standard InChI is InChI=1S/C18H14ClF3N6O/c19-13-6-10(18(20,21)22)8-27-15(13)17(29)28-11-3-5-24-12(7-11)9-26-14-2-1-4-25-16(14)23/h1-8,26H,9H2,(H2,23,25)(H,24,28,29). The number of pyridine rings is 3. The van der Waals surface area contributed by atoms with Crippen molar-refractivity contribution in [2.75, 3.05) is 16.4 Å². The highest BCUT2D eigenvalue weighted by atomic mass is 35.5. The number of hydrogen-bond donors (Lipinski definition) is 3. The largest absolute Gasteiger partial charge is 0.417 e. The van der Waals surface area contributed by atoms with Gasteiger partial charge >= 0.3 is 6.18 Å². The maximum atomic E-state index is 12.7. The van der Waals surface area contributed by atoms with Gasteiger partial charge in [-0.25, -0.2) is 9.97 Å². The van der Waals surface area contributed by atoms with E-state index >= 15 is 0 Å². The average Bonchev–Trinajstić information content (AvgIpc) is 2.67. The van der Waals surface area contributed by atoms with Crippen molar-refractivity contribution in [1.82, 2.24) is 15.0 Å². The van der Waals surface area contributed by atoms with E-state index in [1.165, 1.54) is 12.3 Å². The van der Waals surface area contributed by atoms with Crippen LogP contribution in [0.3, 0.4) is 0 Å². The molecule has 29 heavy (non-hydrogen) atoms. The quantitative estimate of drug-likeness (QED) is 0.574. The molecule has 0 aliphatic carbocycles. The summed E-state index contributed by atoms with van der Waals surface area (Å²) in [5.74, 6) is -0.412. The van der Waals surface area contributed by atoms with Crippen molar-refractivity contribution in [2.24, 2.45) is 0 Å². The Morgan fingerprint density at radius 1 is 1.14 bits per heavy atom. The maximum absolute atomic E-state index is 12.7. The number of carbonyl (C=O) groups excluding carboxylic acids is 1. The second-order valence-electron chi connectivity index (χ2n) is 5.83. The molecule has 0 bridgehead atoms. The fourth-order valence-electron chi connectivity index (χ4n) is 2.36. The zero-order valence-corrected chi connectivity index (χ0v) is 15.4. The lowest BCUT2D eigenvalue weighted by molar-refractivity contribution is -0.137. The zero-order valence-electron chi connectivity index (χ0n) is 14.7. The molecule has 3 aromatic heterocycles. The molecule has 1 amide bonds. The molecule has 4 N–H and O–H groups in total. The Morgan fingerprint density at radius 2 is 1.93 bits per heavy atom. The van der Waals surface area contributed by atoms with Gasteiger partial charge in [-0.2, -0.15) is 13.2 Å². The minimum atomic E-state index is -4.60. The number of anilines is 3. The fourth-order valence-corrected chi connectivity index (χ4v) is 2.61. The molecule has 0 atom stereocenters. The molecule has 0 aliphatic rings. The van der Waals surface area contributed by atoms with E-state index in [-0.39, 0.29) is 5.69 Å². The molecule has 0 saturated carbocycles. The second-order valence-corrected chi connectivity index (χ2v) is 6.24. The number of alkyl halides is 3. The lowest BCUT2D eigenvalue weighted by Crippen LogP contribution is -2.16. The van der Waals surface area contributed by atoms with Crippen LogP contribution in [0.2, 0.25) is 5.02 Å². The van der Waals surface area contributed by atoms with Gasteiger partial charge in [-0.15, -0.1) is 0 Å². The topological polar surface area (TPSA) is 106 Å². The van der Waals surface area contributed by atoms with Gasteiger partial charge in [0.1, 0.15) is 11.5 Å². The van der Waals surface area contributed by atoms with Crippen molar-refractivity contribution < 1.29 is 18.0 Å². The number of halogens is 4. The third kappa shape index (κ3) is 5.11. The van der Waals surface area contributed by atoms with Crippen LogP contribution in [0.5, 0.6) is 0 Å². The van der Waals surface area contributed by atoms with E-state index in [0.717, 1.165) is 0 Å². The van der Waals surface area contributed by atoms with E-state index in [4.69, 9.17) is 17.3 Å². The number of carbonyl (C=O) groups is 1. The summed E-state index contributed by atoms with van der Waals surface area (Å²) in [6.07, 6.45) is -1.01. The summed E-state index contributed by atoms with van der Waals surface area (Å²) in [6.45, 7) is 0.304. The molecule has 0 unspecified atom stereocenters. The molecule has 0 radical (unpaired) electrons. The normalized spacial score (nSPS) is 11.2. The van der Waals surface area contributed by atoms with Crippen LogP contribution in [0.1, 0.15) is 21.7 Å². The van der Waals surface area contributed by atoms with Gasteiger partial charge in [0.2, 0.25) is 0 Å². The van der Waals surface area contributed by atoms with Crippen molar-refractivity contribution in [2.45, 2.75) is 12.7 Å². The number of amides is 1. The molecule has 3 rings (SSSR count). The van der Waals surface area contributed by atoms with E-state index in [0.29, 0.717) is 41.7 Å². The van der Waals surface area contributed by atoms with Gasteiger partial charge < -0.3 is 16.4 Å². The number of nitrogens with two attached hydrogens (primary N) is 1. The Hall–Kier alpha value is -3.40. The first-order valence-corrected chi connectivity index (χ1v) is 8.55. The molecule has 3 aromatic rings. The van der Waals surface area contributed by atoms with Gasteiger partial charge in [-0.3, -0.25) is 9.78 Å². The lowest BCUT2D eigenvalue weighted by Gasteiger charge is -2.11. The highest BCUT2D eigenvalue weighted by Crippen LogP contribution is 2.31. The number of nitrogens with one attached hydrogen (secondary N) is 2. The van der Waals surface area contributed by atoms with Crippen molar-refractivity contribution >= 4 is 34.7 Å². The number of rotatable bonds is 5. The Morgan fingerprint density at radius 3 is 2.62 bits per heavy atom. The fraction of sp³-hybridized carbons (Fsp3) is 0.111. The summed E-state index contributed by atoms with van der Waals surface area (Å²) < 4.78 is 38.1. The molecule has 150 valence electrons. The average molecular weight is 423 g/mol. The van der Waals surface area contributed by atoms with Gasteiger partial charge in [0.15, 0.2) is 0 Å². The van der Waals surface area contributed by atoms with Crippen LogP contribution in [0.25, 0.3) is 0 Å². The molecule has 0 aliphatic heterocycles. The van der Waals surface area contributed by atoms with Crippen LogP contribution in [0.4, 0.5) is 30.4 Å². The highest BCUT2D eigenvalue weighted by Gasteiger charge is 2.32. The van der Waals surface area contributed by atoms with E-state index < -0.39 is 22.7 Å². The number of aromatic nitrogens is 3. The van der Waals surface area contributed by atoms with Crippen LogP contribution in [0.15, 0.2) is 48.9 Å². The molecular formula is C18H14ClF3N6O. The van der Waals surface area contributed by atoms with E-state index in [1.807, 2.05) is 0 Å². The second kappa shape index (κ2) is 8.31. The Kier molecular flexibility index (Phi) is 5.83. The van der Waals surface area contributed by atoms with E-state index in [1.54, 1.807) is 24.4 Å². The summed E-state index contributed by atoms with van der Waals surface area (Å²) >= 11 is 5.80. The molecule has 7 nitrogen and oxygen atoms in total. The van der Waals surface area contributed by atoms with Crippen LogP contribution in [-0.4, -0.2) is 20.9 Å². The summed E-state index contributed by atoms with van der Waals surface area (Å²) in [4.78, 5) is 24.0. The Labute approximate surface area is 168 Å². The summed E-state index contributed by atoms with van der Waals surface area (Å²) in [6, 6.07) is 7.26. The van der Waals surface area contributed by atoms with Gasteiger partial charge in [0.05, 0.1) is 28.5 Å². The minimum absolute atomic E-state index is 0.304. The minimum Gasteiger partial charge on any atom is -0.382 e. The predicted octanol–water partition coefficient (Wildman–Crippen LogP) is 3.99. The smallest absolute Gasteiger partial charge is 0.382 e. The monoisotopic (exact) mass is 422 g/mol. The predicted molar refractivity (Wildman–Crippen MR) is 102 cm³/mol.